The Morgan fingerprint density at radius 3 is 1.32 bits per heavy atom. The minimum Gasteiger partial charge on any atom is -0.495 e. The van der Waals surface area contributed by atoms with Crippen LogP contribution in [0.2, 0.25) is 0 Å². The first-order valence-corrected chi connectivity index (χ1v) is 10.6. The van der Waals surface area contributed by atoms with E-state index < -0.39 is 0 Å². The van der Waals surface area contributed by atoms with Gasteiger partial charge in [0, 0.05) is 26.2 Å². The minimum absolute atomic E-state index is 0.853. The van der Waals surface area contributed by atoms with Crippen LogP contribution in [0.15, 0.2) is 48.5 Å². The van der Waals surface area contributed by atoms with Crippen LogP contribution in [0.3, 0.4) is 0 Å². The molecular formula is C24H32N2O2. The summed E-state index contributed by atoms with van der Waals surface area (Å²) in [4.78, 5) is 5.00. The molecule has 2 saturated heterocycles. The number of nitrogens with zero attached hydrogens (tertiary/aromatic N) is 2. The summed E-state index contributed by atoms with van der Waals surface area (Å²) in [6.07, 6.45) is 5.16. The summed E-state index contributed by atoms with van der Waals surface area (Å²) in [6, 6.07) is 16.8. The van der Waals surface area contributed by atoms with Crippen LogP contribution in [-0.2, 0) is 0 Å². The zero-order chi connectivity index (χ0) is 19.3. The average Bonchev–Trinajstić information content (AvgIpc) is 2.79. The summed E-state index contributed by atoms with van der Waals surface area (Å²) in [5, 5.41) is 0. The molecule has 2 fully saturated rings. The van der Waals surface area contributed by atoms with E-state index >= 15 is 0 Å². The van der Waals surface area contributed by atoms with Crippen LogP contribution in [-0.4, -0.2) is 40.4 Å². The van der Waals surface area contributed by atoms with Gasteiger partial charge in [-0.15, -0.1) is 0 Å². The molecule has 4 nitrogen and oxygen atoms in total. The van der Waals surface area contributed by atoms with Gasteiger partial charge >= 0.3 is 0 Å². The third-order valence-electron chi connectivity index (χ3n) is 6.60. The zero-order valence-corrected chi connectivity index (χ0v) is 17.1. The van der Waals surface area contributed by atoms with Gasteiger partial charge in [-0.25, -0.2) is 0 Å². The smallest absolute Gasteiger partial charge is 0.142 e. The molecule has 0 spiro atoms. The van der Waals surface area contributed by atoms with E-state index in [0.29, 0.717) is 0 Å². The molecule has 0 aliphatic carbocycles. The number of piperidine rings is 2. The summed E-state index contributed by atoms with van der Waals surface area (Å²) in [7, 11) is 3.53. The SMILES string of the molecule is COc1ccccc1N1CCC(C2CCN(c3ccccc3OC)CC2)CC1. The number of para-hydroxylation sites is 4. The fourth-order valence-corrected chi connectivity index (χ4v) is 5.01. The number of anilines is 2. The molecule has 4 heteroatoms. The normalized spacial score (nSPS) is 18.9. The largest absolute Gasteiger partial charge is 0.495 e. The monoisotopic (exact) mass is 380 g/mol. The number of benzene rings is 2. The first kappa shape index (κ1) is 19.0. The van der Waals surface area contributed by atoms with Crippen molar-refractivity contribution in [1.82, 2.24) is 0 Å². The van der Waals surface area contributed by atoms with Crippen molar-refractivity contribution >= 4 is 11.4 Å². The third-order valence-corrected chi connectivity index (χ3v) is 6.60. The second-order valence-corrected chi connectivity index (χ2v) is 7.99. The predicted molar refractivity (Wildman–Crippen MR) is 116 cm³/mol. The maximum atomic E-state index is 5.56. The summed E-state index contributed by atoms with van der Waals surface area (Å²) in [5.41, 5.74) is 2.49. The molecule has 2 aromatic rings. The lowest BCUT2D eigenvalue weighted by Gasteiger charge is -2.41. The van der Waals surface area contributed by atoms with E-state index in [-0.39, 0.29) is 0 Å². The standard InChI is InChI=1S/C24H32N2O2/c1-27-23-9-5-3-7-21(23)25-15-11-19(12-16-25)20-13-17-26(18-14-20)22-8-4-6-10-24(22)28-2/h3-10,19-20H,11-18H2,1-2H3. The minimum atomic E-state index is 0.853. The Hall–Kier alpha value is -2.36. The Morgan fingerprint density at radius 2 is 0.964 bits per heavy atom. The molecule has 2 aromatic carbocycles. The highest BCUT2D eigenvalue weighted by Gasteiger charge is 2.30. The fraction of sp³-hybridized carbons (Fsp3) is 0.500. The summed E-state index contributed by atoms with van der Waals surface area (Å²) >= 11 is 0. The van der Waals surface area contributed by atoms with E-state index in [1.165, 1.54) is 37.1 Å². The van der Waals surface area contributed by atoms with Crippen molar-refractivity contribution in [3.05, 3.63) is 48.5 Å². The highest BCUT2D eigenvalue weighted by atomic mass is 16.5. The summed E-state index contributed by atoms with van der Waals surface area (Å²) in [5.74, 6) is 3.69. The molecule has 0 bridgehead atoms. The van der Waals surface area contributed by atoms with Gasteiger partial charge in [-0.05, 0) is 61.8 Å². The molecule has 28 heavy (non-hydrogen) atoms. The molecular weight excluding hydrogens is 348 g/mol. The van der Waals surface area contributed by atoms with Crippen molar-refractivity contribution in [3.8, 4) is 11.5 Å². The van der Waals surface area contributed by atoms with Crippen LogP contribution in [0.5, 0.6) is 11.5 Å². The van der Waals surface area contributed by atoms with Gasteiger partial charge in [-0.3, -0.25) is 0 Å². The number of ether oxygens (including phenoxy) is 2. The Morgan fingerprint density at radius 1 is 0.607 bits per heavy atom. The lowest BCUT2D eigenvalue weighted by molar-refractivity contribution is 0.232. The van der Waals surface area contributed by atoms with Gasteiger partial charge in [0.2, 0.25) is 0 Å². The zero-order valence-electron chi connectivity index (χ0n) is 17.1. The Labute approximate surface area is 169 Å². The van der Waals surface area contributed by atoms with Crippen LogP contribution in [0.25, 0.3) is 0 Å². The van der Waals surface area contributed by atoms with E-state index in [4.69, 9.17) is 9.47 Å². The molecule has 0 atom stereocenters. The van der Waals surface area contributed by atoms with Crippen molar-refractivity contribution in [1.29, 1.82) is 0 Å². The predicted octanol–water partition coefficient (Wildman–Crippen LogP) is 4.84. The van der Waals surface area contributed by atoms with Crippen molar-refractivity contribution in [2.45, 2.75) is 25.7 Å². The van der Waals surface area contributed by atoms with Crippen LogP contribution >= 0.6 is 0 Å². The van der Waals surface area contributed by atoms with Gasteiger partial charge in [-0.2, -0.15) is 0 Å². The average molecular weight is 381 g/mol. The number of hydrogen-bond donors (Lipinski definition) is 0. The number of methoxy groups -OCH3 is 2. The van der Waals surface area contributed by atoms with Crippen molar-refractivity contribution in [2.75, 3.05) is 50.2 Å². The molecule has 0 unspecified atom stereocenters. The maximum absolute atomic E-state index is 5.56. The van der Waals surface area contributed by atoms with Gasteiger partial charge in [0.1, 0.15) is 11.5 Å². The molecule has 0 radical (unpaired) electrons. The topological polar surface area (TPSA) is 24.9 Å². The molecule has 0 amide bonds. The van der Waals surface area contributed by atoms with Crippen molar-refractivity contribution in [2.24, 2.45) is 11.8 Å². The molecule has 0 aromatic heterocycles. The van der Waals surface area contributed by atoms with E-state index in [1.807, 2.05) is 12.1 Å². The van der Waals surface area contributed by atoms with Gasteiger partial charge < -0.3 is 19.3 Å². The van der Waals surface area contributed by atoms with Crippen LogP contribution in [0.4, 0.5) is 11.4 Å². The fourth-order valence-electron chi connectivity index (χ4n) is 5.01. The Bertz CT molecular complexity index is 697. The van der Waals surface area contributed by atoms with Gasteiger partial charge in [0.25, 0.3) is 0 Å². The number of rotatable bonds is 5. The van der Waals surface area contributed by atoms with E-state index in [9.17, 15) is 0 Å². The van der Waals surface area contributed by atoms with E-state index in [1.54, 1.807) is 14.2 Å². The first-order chi connectivity index (χ1) is 13.8. The van der Waals surface area contributed by atoms with Gasteiger partial charge in [-0.1, -0.05) is 24.3 Å². The molecule has 2 aliphatic rings. The van der Waals surface area contributed by atoms with Crippen molar-refractivity contribution in [3.63, 3.8) is 0 Å². The Balaban J connectivity index is 1.32. The number of hydrogen-bond acceptors (Lipinski definition) is 4. The van der Waals surface area contributed by atoms with Gasteiger partial charge in [0.05, 0.1) is 25.6 Å². The summed E-state index contributed by atoms with van der Waals surface area (Å²) in [6.45, 7) is 4.55. The van der Waals surface area contributed by atoms with Crippen LogP contribution < -0.4 is 19.3 Å². The summed E-state index contributed by atoms with van der Waals surface area (Å²) < 4.78 is 11.1. The van der Waals surface area contributed by atoms with E-state index in [0.717, 1.165) is 49.5 Å². The highest BCUT2D eigenvalue weighted by molar-refractivity contribution is 5.59. The first-order valence-electron chi connectivity index (χ1n) is 10.6. The molecule has 4 rings (SSSR count). The van der Waals surface area contributed by atoms with Crippen LogP contribution in [0, 0.1) is 11.8 Å². The van der Waals surface area contributed by atoms with E-state index in [2.05, 4.69) is 46.2 Å². The molecule has 150 valence electrons. The second-order valence-electron chi connectivity index (χ2n) is 7.99. The molecule has 0 N–H and O–H groups in total. The second kappa shape index (κ2) is 8.76. The lowest BCUT2D eigenvalue weighted by atomic mass is 9.78. The molecule has 2 heterocycles. The third kappa shape index (κ3) is 3.91. The van der Waals surface area contributed by atoms with Gasteiger partial charge in [0.15, 0.2) is 0 Å². The van der Waals surface area contributed by atoms with Crippen molar-refractivity contribution < 1.29 is 9.47 Å². The van der Waals surface area contributed by atoms with Crippen LogP contribution in [0.1, 0.15) is 25.7 Å². The highest BCUT2D eigenvalue weighted by Crippen LogP contribution is 2.38. The Kier molecular flexibility index (Phi) is 5.94. The quantitative estimate of drug-likeness (QED) is 0.741. The maximum Gasteiger partial charge on any atom is 0.142 e. The molecule has 2 aliphatic heterocycles. The lowest BCUT2D eigenvalue weighted by Crippen LogP contribution is -2.41. The molecule has 0 saturated carbocycles.